The molecular weight excluding hydrogens is 282 g/mol. The molecule has 88 valence electrons. The minimum absolute atomic E-state index is 0.0637. The molecule has 5 heteroatoms. The molecule has 4 nitrogen and oxygen atoms in total. The number of hydrogen-bond donors (Lipinski definition) is 2. The van der Waals surface area contributed by atoms with Crippen LogP contribution in [0.25, 0.3) is 10.9 Å². The largest absolute Gasteiger partial charge is 0.309 e. The van der Waals surface area contributed by atoms with Gasteiger partial charge in [-0.3, -0.25) is 4.79 Å². The Hall–Kier alpha value is -1.20. The van der Waals surface area contributed by atoms with Crippen molar-refractivity contribution in [2.45, 2.75) is 18.9 Å². The Labute approximate surface area is 107 Å². The number of hydrogen-bond acceptors (Lipinski definition) is 3. The Balaban J connectivity index is 2.18. The first-order valence-corrected chi connectivity index (χ1v) is 6.46. The second-order valence-corrected chi connectivity index (χ2v) is 5.18. The molecule has 1 atom stereocenters. The van der Waals surface area contributed by atoms with E-state index < -0.39 is 0 Å². The Bertz CT molecular complexity index is 617. The van der Waals surface area contributed by atoms with Crippen LogP contribution >= 0.6 is 15.9 Å². The van der Waals surface area contributed by atoms with Crippen molar-refractivity contribution in [1.82, 2.24) is 15.3 Å². The number of nitrogens with one attached hydrogen (secondary N) is 2. The van der Waals surface area contributed by atoms with Gasteiger partial charge in [-0.15, -0.1) is 0 Å². The zero-order valence-corrected chi connectivity index (χ0v) is 10.8. The van der Waals surface area contributed by atoms with E-state index in [1.807, 2.05) is 12.1 Å². The maximum atomic E-state index is 11.9. The lowest BCUT2D eigenvalue weighted by molar-refractivity contribution is 0.606. The number of fused-ring (bicyclic) bond motifs is 1. The number of benzene rings is 1. The highest BCUT2D eigenvalue weighted by Gasteiger charge is 2.19. The maximum absolute atomic E-state index is 11.9. The van der Waals surface area contributed by atoms with Crippen LogP contribution in [-0.4, -0.2) is 16.5 Å². The number of aromatic amines is 1. The van der Waals surface area contributed by atoms with Gasteiger partial charge < -0.3 is 10.3 Å². The quantitative estimate of drug-likeness (QED) is 0.847. The van der Waals surface area contributed by atoms with Gasteiger partial charge in [0, 0.05) is 4.47 Å². The lowest BCUT2D eigenvalue weighted by atomic mass is 10.2. The van der Waals surface area contributed by atoms with E-state index in [0.29, 0.717) is 5.39 Å². The molecule has 2 aromatic rings. The first kappa shape index (κ1) is 10.9. The zero-order chi connectivity index (χ0) is 11.8. The smallest absolute Gasteiger partial charge is 0.258 e. The molecule has 0 aliphatic carbocycles. The molecule has 2 N–H and O–H groups in total. The summed E-state index contributed by atoms with van der Waals surface area (Å²) in [7, 11) is 0. The Morgan fingerprint density at radius 1 is 1.41 bits per heavy atom. The fourth-order valence-electron chi connectivity index (χ4n) is 2.21. The maximum Gasteiger partial charge on any atom is 0.258 e. The molecule has 1 aromatic carbocycles. The number of rotatable bonds is 1. The van der Waals surface area contributed by atoms with Crippen molar-refractivity contribution in [2.24, 2.45) is 0 Å². The third-order valence-corrected chi connectivity index (χ3v) is 3.57. The van der Waals surface area contributed by atoms with Gasteiger partial charge in [0.2, 0.25) is 0 Å². The van der Waals surface area contributed by atoms with Crippen LogP contribution in [-0.2, 0) is 0 Å². The molecule has 0 saturated carbocycles. The summed E-state index contributed by atoms with van der Waals surface area (Å²) in [5, 5.41) is 3.97. The monoisotopic (exact) mass is 293 g/mol. The van der Waals surface area contributed by atoms with E-state index in [2.05, 4.69) is 31.2 Å². The lowest BCUT2D eigenvalue weighted by Crippen LogP contribution is -2.20. The average Bonchev–Trinajstić information content (AvgIpc) is 2.81. The molecule has 0 unspecified atom stereocenters. The van der Waals surface area contributed by atoms with Crippen molar-refractivity contribution in [2.75, 3.05) is 6.54 Å². The summed E-state index contributed by atoms with van der Waals surface area (Å²) < 4.78 is 0.938. The molecule has 0 amide bonds. The van der Waals surface area contributed by atoms with Crippen LogP contribution in [0.5, 0.6) is 0 Å². The summed E-state index contributed by atoms with van der Waals surface area (Å²) >= 11 is 3.40. The summed E-state index contributed by atoms with van der Waals surface area (Å²) in [5.41, 5.74) is 0.679. The van der Waals surface area contributed by atoms with Crippen molar-refractivity contribution < 1.29 is 0 Å². The van der Waals surface area contributed by atoms with E-state index in [0.717, 1.165) is 35.2 Å². The predicted molar refractivity (Wildman–Crippen MR) is 70.0 cm³/mol. The molecule has 1 saturated heterocycles. The highest BCUT2D eigenvalue weighted by Crippen LogP contribution is 2.21. The van der Waals surface area contributed by atoms with E-state index in [4.69, 9.17) is 0 Å². The summed E-state index contributed by atoms with van der Waals surface area (Å²) in [6.07, 6.45) is 2.16. The van der Waals surface area contributed by atoms with Gasteiger partial charge in [-0.05, 0) is 37.6 Å². The summed E-state index contributed by atoms with van der Waals surface area (Å²) in [6, 6.07) is 5.71. The van der Waals surface area contributed by atoms with E-state index in [1.165, 1.54) is 0 Å². The van der Waals surface area contributed by atoms with Gasteiger partial charge in [0.1, 0.15) is 5.82 Å². The minimum atomic E-state index is -0.0637. The van der Waals surface area contributed by atoms with Gasteiger partial charge in [-0.2, -0.15) is 0 Å². The van der Waals surface area contributed by atoms with Crippen molar-refractivity contribution in [3.05, 3.63) is 38.9 Å². The Kier molecular flexibility index (Phi) is 2.72. The van der Waals surface area contributed by atoms with Gasteiger partial charge in [-0.1, -0.05) is 15.9 Å². The number of nitrogens with zero attached hydrogens (tertiary/aromatic N) is 1. The second kappa shape index (κ2) is 4.23. The number of H-pyrrole nitrogens is 1. The van der Waals surface area contributed by atoms with Gasteiger partial charge in [-0.25, -0.2) is 4.98 Å². The molecule has 1 aromatic heterocycles. The third-order valence-electron chi connectivity index (χ3n) is 3.08. The Morgan fingerprint density at radius 3 is 3.06 bits per heavy atom. The molecule has 2 heterocycles. The molecule has 3 rings (SSSR count). The number of aromatic nitrogens is 2. The third kappa shape index (κ3) is 2.00. The molecule has 1 fully saturated rings. The number of halogens is 1. The van der Waals surface area contributed by atoms with Crippen LogP contribution in [0.15, 0.2) is 27.5 Å². The van der Waals surface area contributed by atoms with Gasteiger partial charge in [0.25, 0.3) is 5.56 Å². The lowest BCUT2D eigenvalue weighted by Gasteiger charge is -2.09. The van der Waals surface area contributed by atoms with Crippen LogP contribution < -0.4 is 10.9 Å². The molecular formula is C12H12BrN3O. The van der Waals surface area contributed by atoms with E-state index in [1.54, 1.807) is 6.07 Å². The molecule has 0 radical (unpaired) electrons. The van der Waals surface area contributed by atoms with Crippen LogP contribution in [0.2, 0.25) is 0 Å². The summed E-state index contributed by atoms with van der Waals surface area (Å²) in [5.74, 6) is 0.748. The van der Waals surface area contributed by atoms with Gasteiger partial charge in [0.15, 0.2) is 0 Å². The van der Waals surface area contributed by atoms with E-state index in [9.17, 15) is 4.79 Å². The van der Waals surface area contributed by atoms with Crippen molar-refractivity contribution in [1.29, 1.82) is 0 Å². The predicted octanol–water partition coefficient (Wildman–Crippen LogP) is 2.11. The van der Waals surface area contributed by atoms with Crippen molar-refractivity contribution in [3.8, 4) is 0 Å². The highest BCUT2D eigenvalue weighted by atomic mass is 79.9. The first-order chi connectivity index (χ1) is 8.24. The summed E-state index contributed by atoms with van der Waals surface area (Å²) in [6.45, 7) is 0.991. The molecule has 1 aliphatic rings. The molecule has 0 spiro atoms. The summed E-state index contributed by atoms with van der Waals surface area (Å²) in [4.78, 5) is 19.3. The topological polar surface area (TPSA) is 57.8 Å². The normalized spacial score (nSPS) is 19.9. The fourth-order valence-corrected chi connectivity index (χ4v) is 2.56. The van der Waals surface area contributed by atoms with Crippen molar-refractivity contribution >= 4 is 26.8 Å². The van der Waals surface area contributed by atoms with Crippen LogP contribution in [0, 0.1) is 0 Å². The standard InChI is InChI=1S/C12H12BrN3O/c13-7-3-4-8-10(6-7)15-11(16-12(8)17)9-2-1-5-14-9/h3-4,6,9,14H,1-2,5H2,(H,15,16,17)/t9-/m0/s1. The molecule has 0 bridgehead atoms. The van der Waals surface area contributed by atoms with Crippen LogP contribution in [0.1, 0.15) is 24.7 Å². The van der Waals surface area contributed by atoms with Gasteiger partial charge >= 0.3 is 0 Å². The zero-order valence-electron chi connectivity index (χ0n) is 9.16. The first-order valence-electron chi connectivity index (χ1n) is 5.67. The van der Waals surface area contributed by atoms with E-state index >= 15 is 0 Å². The molecule has 1 aliphatic heterocycles. The SMILES string of the molecule is O=c1[nH]c([C@@H]2CCCN2)nc2cc(Br)ccc12. The van der Waals surface area contributed by atoms with Crippen LogP contribution in [0.3, 0.4) is 0 Å². The second-order valence-electron chi connectivity index (χ2n) is 4.26. The van der Waals surface area contributed by atoms with Crippen LogP contribution in [0.4, 0.5) is 0 Å². The Morgan fingerprint density at radius 2 is 2.29 bits per heavy atom. The van der Waals surface area contributed by atoms with Gasteiger partial charge in [0.05, 0.1) is 16.9 Å². The fraction of sp³-hybridized carbons (Fsp3) is 0.333. The molecule has 17 heavy (non-hydrogen) atoms. The minimum Gasteiger partial charge on any atom is -0.309 e. The van der Waals surface area contributed by atoms with E-state index in [-0.39, 0.29) is 11.6 Å². The van der Waals surface area contributed by atoms with Crippen molar-refractivity contribution in [3.63, 3.8) is 0 Å². The highest BCUT2D eigenvalue weighted by molar-refractivity contribution is 9.10. The average molecular weight is 294 g/mol.